The number of aliphatic imine (C=N–C) groups is 1. The Bertz CT molecular complexity index is 961. The van der Waals surface area contributed by atoms with Gasteiger partial charge in [0.2, 0.25) is 10.0 Å². The minimum atomic E-state index is -3.66. The van der Waals surface area contributed by atoms with Gasteiger partial charge in [-0.2, -0.15) is 0 Å². The molecule has 1 atom stereocenters. The SMILES string of the molecule is CCNC(=NCc1ccccc1S(=O)(=O)NC(C)(C)C)NCCC(O)c1ccccc1.I. The lowest BCUT2D eigenvalue weighted by atomic mass is 10.1. The average molecular weight is 575 g/mol. The number of rotatable bonds is 9. The van der Waals surface area contributed by atoms with E-state index in [-0.39, 0.29) is 35.4 Å². The molecule has 2 aromatic carbocycles. The summed E-state index contributed by atoms with van der Waals surface area (Å²) in [4.78, 5) is 4.77. The summed E-state index contributed by atoms with van der Waals surface area (Å²) >= 11 is 0. The zero-order valence-electron chi connectivity index (χ0n) is 19.1. The van der Waals surface area contributed by atoms with Gasteiger partial charge < -0.3 is 15.7 Å². The molecule has 0 saturated carbocycles. The van der Waals surface area contributed by atoms with Crippen molar-refractivity contribution in [2.45, 2.75) is 57.2 Å². The number of guanidine groups is 1. The third-order valence-electron chi connectivity index (χ3n) is 4.35. The first-order valence-electron chi connectivity index (χ1n) is 10.5. The van der Waals surface area contributed by atoms with E-state index >= 15 is 0 Å². The molecular formula is C23H35IN4O3S. The standard InChI is InChI=1S/C23H34N4O3S.HI/c1-5-24-22(25-16-15-20(28)18-11-7-6-8-12-18)26-17-19-13-9-10-14-21(19)31(29,30)27-23(2,3)4;/h6-14,20,27-28H,5,15-17H2,1-4H3,(H2,24,25,26);1H. The number of aliphatic hydroxyl groups excluding tert-OH is 1. The Kier molecular flexibility index (Phi) is 11.6. The number of hydrogen-bond donors (Lipinski definition) is 4. The van der Waals surface area contributed by atoms with E-state index in [1.165, 1.54) is 0 Å². The molecule has 0 fully saturated rings. The second-order valence-electron chi connectivity index (χ2n) is 8.30. The van der Waals surface area contributed by atoms with Gasteiger partial charge in [-0.15, -0.1) is 24.0 Å². The molecular weight excluding hydrogens is 539 g/mol. The fourth-order valence-corrected chi connectivity index (χ4v) is 4.68. The summed E-state index contributed by atoms with van der Waals surface area (Å²) in [6, 6.07) is 16.4. The van der Waals surface area contributed by atoms with Crippen molar-refractivity contribution in [2.24, 2.45) is 4.99 Å². The van der Waals surface area contributed by atoms with Crippen molar-refractivity contribution in [2.75, 3.05) is 13.1 Å². The van der Waals surface area contributed by atoms with Crippen LogP contribution in [0.2, 0.25) is 0 Å². The van der Waals surface area contributed by atoms with E-state index < -0.39 is 21.7 Å². The van der Waals surface area contributed by atoms with Crippen molar-refractivity contribution in [3.8, 4) is 0 Å². The van der Waals surface area contributed by atoms with E-state index in [2.05, 4.69) is 20.3 Å². The summed E-state index contributed by atoms with van der Waals surface area (Å²) in [5.74, 6) is 0.568. The van der Waals surface area contributed by atoms with Gasteiger partial charge in [0.25, 0.3) is 0 Å². The molecule has 0 saturated heterocycles. The lowest BCUT2D eigenvalue weighted by Crippen LogP contribution is -2.40. The van der Waals surface area contributed by atoms with E-state index in [1.54, 1.807) is 24.3 Å². The predicted molar refractivity (Wildman–Crippen MR) is 141 cm³/mol. The van der Waals surface area contributed by atoms with Crippen LogP contribution < -0.4 is 15.4 Å². The molecule has 178 valence electrons. The summed E-state index contributed by atoms with van der Waals surface area (Å²) in [6.45, 7) is 8.78. The van der Waals surface area contributed by atoms with E-state index in [0.29, 0.717) is 31.0 Å². The topological polar surface area (TPSA) is 103 Å². The molecule has 0 aliphatic heterocycles. The predicted octanol–water partition coefficient (Wildman–Crippen LogP) is 3.56. The van der Waals surface area contributed by atoms with Gasteiger partial charge in [-0.1, -0.05) is 48.5 Å². The van der Waals surface area contributed by atoms with Crippen LogP contribution in [0.25, 0.3) is 0 Å². The van der Waals surface area contributed by atoms with E-state index in [1.807, 2.05) is 58.0 Å². The quantitative estimate of drug-likeness (QED) is 0.209. The Balaban J connectivity index is 0.00000512. The minimum Gasteiger partial charge on any atom is -0.388 e. The molecule has 2 rings (SSSR count). The molecule has 4 N–H and O–H groups in total. The first kappa shape index (κ1) is 28.3. The molecule has 2 aromatic rings. The highest BCUT2D eigenvalue weighted by Gasteiger charge is 2.24. The van der Waals surface area contributed by atoms with Crippen molar-refractivity contribution < 1.29 is 13.5 Å². The Morgan fingerprint density at radius 1 is 1.03 bits per heavy atom. The summed E-state index contributed by atoms with van der Waals surface area (Å²) < 4.78 is 28.3. The lowest BCUT2D eigenvalue weighted by molar-refractivity contribution is 0.168. The number of aliphatic hydroxyl groups is 1. The van der Waals surface area contributed by atoms with Crippen LogP contribution in [0.5, 0.6) is 0 Å². The van der Waals surface area contributed by atoms with Crippen molar-refractivity contribution >= 4 is 40.0 Å². The van der Waals surface area contributed by atoms with Gasteiger partial charge in [0.05, 0.1) is 17.5 Å². The smallest absolute Gasteiger partial charge is 0.241 e. The van der Waals surface area contributed by atoms with Crippen LogP contribution in [-0.2, 0) is 16.6 Å². The third kappa shape index (κ3) is 9.43. The molecule has 0 amide bonds. The monoisotopic (exact) mass is 574 g/mol. The van der Waals surface area contributed by atoms with Gasteiger partial charge >= 0.3 is 0 Å². The van der Waals surface area contributed by atoms with Gasteiger partial charge in [0.15, 0.2) is 5.96 Å². The summed E-state index contributed by atoms with van der Waals surface area (Å²) in [5, 5.41) is 16.7. The number of hydrogen-bond acceptors (Lipinski definition) is 4. The maximum absolute atomic E-state index is 12.8. The molecule has 0 spiro atoms. The molecule has 7 nitrogen and oxygen atoms in total. The van der Waals surface area contributed by atoms with Crippen LogP contribution in [0, 0.1) is 0 Å². The second kappa shape index (κ2) is 13.1. The number of nitrogens with zero attached hydrogens (tertiary/aromatic N) is 1. The first-order chi connectivity index (χ1) is 14.6. The second-order valence-corrected chi connectivity index (χ2v) is 9.95. The molecule has 0 aliphatic carbocycles. The highest BCUT2D eigenvalue weighted by Crippen LogP contribution is 2.19. The van der Waals surface area contributed by atoms with Crippen LogP contribution in [0.4, 0.5) is 0 Å². The van der Waals surface area contributed by atoms with Gasteiger partial charge in [-0.25, -0.2) is 18.1 Å². The molecule has 9 heteroatoms. The summed E-state index contributed by atoms with van der Waals surface area (Å²) in [5.41, 5.74) is 0.906. The van der Waals surface area contributed by atoms with Crippen molar-refractivity contribution in [3.05, 3.63) is 65.7 Å². The van der Waals surface area contributed by atoms with Crippen molar-refractivity contribution in [1.82, 2.24) is 15.4 Å². The van der Waals surface area contributed by atoms with Crippen LogP contribution in [-0.4, -0.2) is 38.1 Å². The Morgan fingerprint density at radius 3 is 2.28 bits per heavy atom. The summed E-state index contributed by atoms with van der Waals surface area (Å²) in [7, 11) is -3.66. The Morgan fingerprint density at radius 2 is 1.66 bits per heavy atom. The highest BCUT2D eigenvalue weighted by molar-refractivity contribution is 14.0. The molecule has 0 radical (unpaired) electrons. The van der Waals surface area contributed by atoms with Gasteiger partial charge in [-0.3, -0.25) is 0 Å². The number of benzene rings is 2. The summed E-state index contributed by atoms with van der Waals surface area (Å²) in [6.07, 6.45) is -0.0413. The molecule has 32 heavy (non-hydrogen) atoms. The molecule has 0 bridgehead atoms. The Hall–Kier alpha value is -1.69. The molecule has 0 aliphatic rings. The number of sulfonamides is 1. The van der Waals surface area contributed by atoms with Gasteiger partial charge in [0.1, 0.15) is 0 Å². The Labute approximate surface area is 209 Å². The zero-order chi connectivity index (χ0) is 22.9. The third-order valence-corrected chi connectivity index (χ3v) is 6.21. The number of nitrogens with one attached hydrogen (secondary N) is 3. The fourth-order valence-electron chi connectivity index (χ4n) is 3.03. The van der Waals surface area contributed by atoms with E-state index in [9.17, 15) is 13.5 Å². The zero-order valence-corrected chi connectivity index (χ0v) is 22.3. The minimum absolute atomic E-state index is 0. The van der Waals surface area contributed by atoms with E-state index in [4.69, 9.17) is 0 Å². The van der Waals surface area contributed by atoms with E-state index in [0.717, 1.165) is 5.56 Å². The van der Waals surface area contributed by atoms with Crippen LogP contribution in [0.1, 0.15) is 51.3 Å². The van der Waals surface area contributed by atoms with Gasteiger partial charge in [-0.05, 0) is 51.3 Å². The fraction of sp³-hybridized carbons (Fsp3) is 0.435. The van der Waals surface area contributed by atoms with Crippen molar-refractivity contribution in [3.63, 3.8) is 0 Å². The van der Waals surface area contributed by atoms with Gasteiger partial charge in [0, 0.05) is 18.6 Å². The average Bonchev–Trinajstić information content (AvgIpc) is 2.71. The largest absolute Gasteiger partial charge is 0.388 e. The number of halogens is 1. The molecule has 0 aromatic heterocycles. The lowest BCUT2D eigenvalue weighted by Gasteiger charge is -2.21. The van der Waals surface area contributed by atoms with Crippen LogP contribution >= 0.6 is 24.0 Å². The highest BCUT2D eigenvalue weighted by atomic mass is 127. The maximum atomic E-state index is 12.8. The van der Waals surface area contributed by atoms with Crippen LogP contribution in [0.3, 0.4) is 0 Å². The maximum Gasteiger partial charge on any atom is 0.241 e. The molecule has 1 unspecified atom stereocenters. The molecule has 0 heterocycles. The first-order valence-corrected chi connectivity index (χ1v) is 12.0. The normalized spacial score (nSPS) is 13.2. The van der Waals surface area contributed by atoms with Crippen molar-refractivity contribution in [1.29, 1.82) is 0 Å². The van der Waals surface area contributed by atoms with Crippen LogP contribution in [0.15, 0.2) is 64.5 Å².